The maximum absolute atomic E-state index is 3.92. The van der Waals surface area contributed by atoms with E-state index in [-0.39, 0.29) is 0 Å². The minimum absolute atomic E-state index is 1.07. The van der Waals surface area contributed by atoms with E-state index in [9.17, 15) is 0 Å². The van der Waals surface area contributed by atoms with Crippen molar-refractivity contribution in [1.29, 1.82) is 0 Å². The van der Waals surface area contributed by atoms with Crippen LogP contribution in [0.3, 0.4) is 0 Å². The summed E-state index contributed by atoms with van der Waals surface area (Å²) < 4.78 is 0. The summed E-state index contributed by atoms with van der Waals surface area (Å²) >= 11 is 0. The van der Waals surface area contributed by atoms with Gasteiger partial charge in [0.25, 0.3) is 0 Å². The van der Waals surface area contributed by atoms with Crippen LogP contribution in [-0.4, -0.2) is 7.05 Å². The van der Waals surface area contributed by atoms with Gasteiger partial charge in [-0.2, -0.15) is 0 Å². The van der Waals surface area contributed by atoms with Crippen molar-refractivity contribution in [2.24, 2.45) is 0 Å². The van der Waals surface area contributed by atoms with Crippen molar-refractivity contribution in [3.05, 3.63) is 47.7 Å². The van der Waals surface area contributed by atoms with Crippen LogP contribution in [0.15, 0.2) is 47.7 Å². The number of hydrogen-bond donors (Lipinski definition) is 1. The molecule has 0 rings (SSSR count). The fraction of sp³-hybridized carbons (Fsp3) is 0.385. The fourth-order valence-electron chi connectivity index (χ4n) is 1.08. The normalized spacial score (nSPS) is 13.4. The third-order valence-corrected chi connectivity index (χ3v) is 1.84. The van der Waals surface area contributed by atoms with E-state index in [1.807, 2.05) is 20.2 Å². The van der Waals surface area contributed by atoms with Crippen LogP contribution >= 0.6 is 0 Å². The predicted molar refractivity (Wildman–Crippen MR) is 65.1 cm³/mol. The van der Waals surface area contributed by atoms with E-state index in [4.69, 9.17) is 0 Å². The molecule has 0 aliphatic carbocycles. The minimum atomic E-state index is 1.07. The third kappa shape index (κ3) is 5.41. The zero-order chi connectivity index (χ0) is 11.0. The molecule has 1 nitrogen and oxygen atoms in total. The van der Waals surface area contributed by atoms with E-state index in [1.54, 1.807) is 0 Å². The van der Waals surface area contributed by atoms with Crippen molar-refractivity contribution in [2.45, 2.75) is 27.2 Å². The highest BCUT2D eigenvalue weighted by atomic mass is 14.8. The Morgan fingerprint density at radius 3 is 2.36 bits per heavy atom. The average molecular weight is 191 g/mol. The molecule has 0 aromatic carbocycles. The van der Waals surface area contributed by atoms with E-state index in [0.29, 0.717) is 0 Å². The number of nitrogens with one attached hydrogen (secondary N) is 1. The Bertz CT molecular complexity index is 267. The van der Waals surface area contributed by atoms with Crippen LogP contribution in [0.4, 0.5) is 0 Å². The fourth-order valence-corrected chi connectivity index (χ4v) is 1.08. The molecule has 0 saturated heterocycles. The van der Waals surface area contributed by atoms with Crippen LogP contribution in [0.1, 0.15) is 27.2 Å². The molecule has 0 atom stereocenters. The van der Waals surface area contributed by atoms with Crippen LogP contribution in [0, 0.1) is 0 Å². The maximum atomic E-state index is 3.92. The van der Waals surface area contributed by atoms with E-state index in [1.165, 1.54) is 5.57 Å². The van der Waals surface area contributed by atoms with Gasteiger partial charge in [-0.15, -0.1) is 0 Å². The molecule has 0 spiro atoms. The third-order valence-electron chi connectivity index (χ3n) is 1.84. The predicted octanol–water partition coefficient (Wildman–Crippen LogP) is 3.58. The molecular formula is C13H21N. The van der Waals surface area contributed by atoms with Crippen molar-refractivity contribution in [2.75, 3.05) is 7.05 Å². The molecule has 0 amide bonds. The van der Waals surface area contributed by atoms with Crippen molar-refractivity contribution in [3.63, 3.8) is 0 Å². The van der Waals surface area contributed by atoms with Crippen molar-refractivity contribution >= 4 is 0 Å². The molecular weight excluding hydrogens is 170 g/mol. The summed E-state index contributed by atoms with van der Waals surface area (Å²) in [7, 11) is 1.89. The average Bonchev–Trinajstić information content (AvgIpc) is 2.12. The lowest BCUT2D eigenvalue weighted by Crippen LogP contribution is -1.95. The number of hydrogen-bond acceptors (Lipinski definition) is 1. The molecule has 78 valence electrons. The Kier molecular flexibility index (Phi) is 6.55. The smallest absolute Gasteiger partial charge is 0.00376 e. The first-order valence-corrected chi connectivity index (χ1v) is 5.00. The highest BCUT2D eigenvalue weighted by Crippen LogP contribution is 2.09. The van der Waals surface area contributed by atoms with Crippen LogP contribution < -0.4 is 5.32 Å². The lowest BCUT2D eigenvalue weighted by atomic mass is 10.1. The Morgan fingerprint density at radius 1 is 1.29 bits per heavy atom. The lowest BCUT2D eigenvalue weighted by molar-refractivity contribution is 1.08. The van der Waals surface area contributed by atoms with Gasteiger partial charge in [0.1, 0.15) is 0 Å². The van der Waals surface area contributed by atoms with Gasteiger partial charge in [0.2, 0.25) is 0 Å². The summed E-state index contributed by atoms with van der Waals surface area (Å²) in [6, 6.07) is 0. The standard InChI is InChI=1S/C13H21N/c1-6-7-12(4)8-9-13(10-14-5)11(2)3/h7-10,14H,2,6H2,1,3-5H3/b9-8-,12-7+,13-10+. The van der Waals surface area contributed by atoms with Gasteiger partial charge in [-0.3, -0.25) is 0 Å². The molecule has 0 aromatic rings. The first-order chi connectivity index (χ1) is 6.61. The summed E-state index contributed by atoms with van der Waals surface area (Å²) in [4.78, 5) is 0. The van der Waals surface area contributed by atoms with E-state index in [2.05, 4.69) is 44.0 Å². The monoisotopic (exact) mass is 191 g/mol. The second-order valence-corrected chi connectivity index (χ2v) is 3.36. The minimum Gasteiger partial charge on any atom is -0.393 e. The zero-order valence-corrected chi connectivity index (χ0v) is 9.72. The molecule has 1 heteroatoms. The summed E-state index contributed by atoms with van der Waals surface area (Å²) in [5, 5.41) is 3.01. The molecule has 0 saturated carbocycles. The molecule has 0 bridgehead atoms. The largest absolute Gasteiger partial charge is 0.393 e. The molecule has 14 heavy (non-hydrogen) atoms. The Morgan fingerprint density at radius 2 is 1.93 bits per heavy atom. The molecule has 1 N–H and O–H groups in total. The molecule has 0 unspecified atom stereocenters. The zero-order valence-electron chi connectivity index (χ0n) is 9.72. The van der Waals surface area contributed by atoms with E-state index >= 15 is 0 Å². The topological polar surface area (TPSA) is 12.0 Å². The second kappa shape index (κ2) is 7.19. The van der Waals surface area contributed by atoms with Crippen molar-refractivity contribution in [3.8, 4) is 0 Å². The van der Waals surface area contributed by atoms with Gasteiger partial charge in [0.15, 0.2) is 0 Å². The first-order valence-electron chi connectivity index (χ1n) is 5.00. The molecule has 0 aliphatic rings. The first kappa shape index (κ1) is 12.8. The Balaban J connectivity index is 4.53. The van der Waals surface area contributed by atoms with Gasteiger partial charge in [-0.1, -0.05) is 37.3 Å². The van der Waals surface area contributed by atoms with Crippen LogP contribution in [0.2, 0.25) is 0 Å². The molecule has 0 radical (unpaired) electrons. The van der Waals surface area contributed by atoms with Crippen LogP contribution in [-0.2, 0) is 0 Å². The molecule has 0 aliphatic heterocycles. The van der Waals surface area contributed by atoms with Crippen molar-refractivity contribution in [1.82, 2.24) is 5.32 Å². The summed E-state index contributed by atoms with van der Waals surface area (Å²) in [5.74, 6) is 0. The lowest BCUT2D eigenvalue weighted by Gasteiger charge is -2.00. The molecule has 0 aromatic heterocycles. The van der Waals surface area contributed by atoms with Gasteiger partial charge in [0, 0.05) is 13.2 Å². The number of allylic oxidation sites excluding steroid dienone is 6. The highest BCUT2D eigenvalue weighted by molar-refractivity contribution is 5.38. The van der Waals surface area contributed by atoms with Crippen LogP contribution in [0.5, 0.6) is 0 Å². The Labute approximate surface area is 87.9 Å². The summed E-state index contributed by atoms with van der Waals surface area (Å²) in [6.45, 7) is 10.2. The van der Waals surface area contributed by atoms with Crippen LogP contribution in [0.25, 0.3) is 0 Å². The maximum Gasteiger partial charge on any atom is 0.00376 e. The summed E-state index contributed by atoms with van der Waals surface area (Å²) in [6.07, 6.45) is 9.43. The van der Waals surface area contributed by atoms with Gasteiger partial charge in [0.05, 0.1) is 0 Å². The van der Waals surface area contributed by atoms with E-state index in [0.717, 1.165) is 17.6 Å². The van der Waals surface area contributed by atoms with E-state index < -0.39 is 0 Å². The van der Waals surface area contributed by atoms with Gasteiger partial charge in [-0.05, 0) is 31.4 Å². The highest BCUT2D eigenvalue weighted by Gasteiger charge is 1.91. The molecule has 0 fully saturated rings. The Hall–Kier alpha value is -1.24. The van der Waals surface area contributed by atoms with Gasteiger partial charge < -0.3 is 5.32 Å². The summed E-state index contributed by atoms with van der Waals surface area (Å²) in [5.41, 5.74) is 3.49. The SMILES string of the molecule is C=C(C)C(/C=C\C(C)=C\CC)=C/NC. The van der Waals surface area contributed by atoms with Crippen molar-refractivity contribution < 1.29 is 0 Å². The number of rotatable bonds is 5. The van der Waals surface area contributed by atoms with Gasteiger partial charge in [-0.25, -0.2) is 0 Å². The molecule has 0 heterocycles. The quantitative estimate of drug-likeness (QED) is 0.655. The van der Waals surface area contributed by atoms with Gasteiger partial charge >= 0.3 is 0 Å². The second-order valence-electron chi connectivity index (χ2n) is 3.36.